The molecular formula is C23H22N4OS2. The Morgan fingerprint density at radius 1 is 1.13 bits per heavy atom. The zero-order valence-corrected chi connectivity index (χ0v) is 18.7. The molecule has 4 rings (SSSR count). The van der Waals surface area contributed by atoms with Crippen LogP contribution in [0.3, 0.4) is 0 Å². The van der Waals surface area contributed by atoms with Crippen molar-refractivity contribution in [3.05, 3.63) is 77.4 Å². The number of thiazole rings is 1. The van der Waals surface area contributed by atoms with E-state index in [4.69, 9.17) is 4.98 Å². The fourth-order valence-electron chi connectivity index (χ4n) is 2.98. The molecule has 0 N–H and O–H groups in total. The van der Waals surface area contributed by atoms with Gasteiger partial charge in [0, 0.05) is 36.4 Å². The fourth-order valence-corrected chi connectivity index (χ4v) is 4.81. The highest BCUT2D eigenvalue weighted by molar-refractivity contribution is 7.98. The standard InChI is InChI=1S/C23H22N4OS2/c1-16-9-11-18(12-10-16)21-13-24-22(27(21)20-7-5-4-6-8-20)29-14-19-15-30-23(25-19)26(3)17(2)28/h4-13,15H,14H2,1-3H3. The molecule has 152 valence electrons. The van der Waals surface area contributed by atoms with Crippen molar-refractivity contribution in [2.45, 2.75) is 24.8 Å². The van der Waals surface area contributed by atoms with Gasteiger partial charge >= 0.3 is 0 Å². The third-order valence-electron chi connectivity index (χ3n) is 4.74. The largest absolute Gasteiger partial charge is 0.292 e. The van der Waals surface area contributed by atoms with Crippen molar-refractivity contribution in [3.63, 3.8) is 0 Å². The second-order valence-electron chi connectivity index (χ2n) is 6.95. The summed E-state index contributed by atoms with van der Waals surface area (Å²) in [7, 11) is 1.74. The van der Waals surface area contributed by atoms with Crippen LogP contribution < -0.4 is 4.90 Å². The summed E-state index contributed by atoms with van der Waals surface area (Å²) >= 11 is 3.12. The molecular weight excluding hydrogens is 412 g/mol. The molecule has 7 heteroatoms. The molecule has 0 aliphatic heterocycles. The topological polar surface area (TPSA) is 51.0 Å². The van der Waals surface area contributed by atoms with Crippen molar-refractivity contribution in [1.29, 1.82) is 0 Å². The third kappa shape index (κ3) is 4.32. The number of aromatic nitrogens is 3. The van der Waals surface area contributed by atoms with Gasteiger partial charge in [0.1, 0.15) is 0 Å². The number of aryl methyl sites for hydroxylation is 1. The van der Waals surface area contributed by atoms with E-state index in [0.717, 1.165) is 27.8 Å². The lowest BCUT2D eigenvalue weighted by Gasteiger charge is -2.12. The number of anilines is 1. The van der Waals surface area contributed by atoms with E-state index < -0.39 is 0 Å². The van der Waals surface area contributed by atoms with Gasteiger partial charge in [0.25, 0.3) is 0 Å². The first-order chi connectivity index (χ1) is 14.5. The molecule has 0 saturated heterocycles. The first-order valence-corrected chi connectivity index (χ1v) is 11.4. The molecule has 0 unspecified atom stereocenters. The second-order valence-corrected chi connectivity index (χ2v) is 8.73. The number of imidazole rings is 1. The van der Waals surface area contributed by atoms with Crippen LogP contribution in [0.25, 0.3) is 16.9 Å². The average Bonchev–Trinajstić information content (AvgIpc) is 3.40. The van der Waals surface area contributed by atoms with Crippen LogP contribution in [0.4, 0.5) is 5.13 Å². The molecule has 2 aromatic heterocycles. The summed E-state index contributed by atoms with van der Waals surface area (Å²) < 4.78 is 2.18. The molecule has 2 heterocycles. The summed E-state index contributed by atoms with van der Waals surface area (Å²) in [6, 6.07) is 18.8. The van der Waals surface area contributed by atoms with Gasteiger partial charge in [-0.05, 0) is 19.1 Å². The maximum Gasteiger partial charge on any atom is 0.225 e. The van der Waals surface area contributed by atoms with Crippen LogP contribution in [0.2, 0.25) is 0 Å². The monoisotopic (exact) mass is 434 g/mol. The highest BCUT2D eigenvalue weighted by atomic mass is 32.2. The number of carbonyl (C=O) groups excluding carboxylic acids is 1. The summed E-state index contributed by atoms with van der Waals surface area (Å²) in [5, 5.41) is 3.62. The highest BCUT2D eigenvalue weighted by Gasteiger charge is 2.16. The van der Waals surface area contributed by atoms with Crippen LogP contribution in [0, 0.1) is 6.92 Å². The van der Waals surface area contributed by atoms with Gasteiger partial charge in [-0.2, -0.15) is 0 Å². The van der Waals surface area contributed by atoms with Crippen LogP contribution >= 0.6 is 23.1 Å². The third-order valence-corrected chi connectivity index (χ3v) is 6.69. The Labute approximate surface area is 184 Å². The highest BCUT2D eigenvalue weighted by Crippen LogP contribution is 2.32. The van der Waals surface area contributed by atoms with E-state index in [2.05, 4.69) is 52.9 Å². The second kappa shape index (κ2) is 8.85. The van der Waals surface area contributed by atoms with Gasteiger partial charge in [-0.3, -0.25) is 14.3 Å². The Bertz CT molecular complexity index is 1150. The Balaban J connectivity index is 1.64. The number of amides is 1. The number of nitrogens with zero attached hydrogens (tertiary/aromatic N) is 4. The smallest absolute Gasteiger partial charge is 0.225 e. The van der Waals surface area contributed by atoms with Gasteiger partial charge in [0.15, 0.2) is 10.3 Å². The number of thioether (sulfide) groups is 1. The minimum atomic E-state index is -0.0223. The summed E-state index contributed by atoms with van der Waals surface area (Å²) in [4.78, 5) is 22.4. The van der Waals surface area contributed by atoms with Crippen LogP contribution in [-0.2, 0) is 10.5 Å². The first kappa shape index (κ1) is 20.4. The maximum absolute atomic E-state index is 11.6. The molecule has 0 spiro atoms. The van der Waals surface area contributed by atoms with Gasteiger partial charge in [0.2, 0.25) is 5.91 Å². The van der Waals surface area contributed by atoms with Crippen LogP contribution in [0.1, 0.15) is 18.2 Å². The van der Waals surface area contributed by atoms with Crippen LogP contribution in [0.15, 0.2) is 71.3 Å². The van der Waals surface area contributed by atoms with E-state index in [1.807, 2.05) is 29.8 Å². The number of rotatable bonds is 6. The van der Waals surface area contributed by atoms with Gasteiger partial charge in [0.05, 0.1) is 17.6 Å². The van der Waals surface area contributed by atoms with E-state index in [1.165, 1.54) is 16.9 Å². The summed E-state index contributed by atoms with van der Waals surface area (Å²) in [5.41, 5.74) is 5.42. The Morgan fingerprint density at radius 3 is 2.57 bits per heavy atom. The Kier molecular flexibility index (Phi) is 6.01. The molecule has 0 radical (unpaired) electrons. The predicted octanol–water partition coefficient (Wildman–Crippen LogP) is 5.58. The molecule has 0 saturated carbocycles. The molecule has 2 aromatic carbocycles. The predicted molar refractivity (Wildman–Crippen MR) is 124 cm³/mol. The van der Waals surface area contributed by atoms with Gasteiger partial charge in [-0.1, -0.05) is 59.8 Å². The lowest BCUT2D eigenvalue weighted by molar-refractivity contribution is -0.116. The molecule has 4 aromatic rings. The minimum absolute atomic E-state index is 0.0223. The number of hydrogen-bond acceptors (Lipinski definition) is 5. The van der Waals surface area contributed by atoms with Gasteiger partial charge in [-0.25, -0.2) is 9.97 Å². The molecule has 0 fully saturated rings. The molecule has 0 atom stereocenters. The molecule has 0 aliphatic carbocycles. The first-order valence-electron chi connectivity index (χ1n) is 9.54. The summed E-state index contributed by atoms with van der Waals surface area (Å²) in [6.45, 7) is 3.63. The van der Waals surface area contributed by atoms with E-state index in [0.29, 0.717) is 10.9 Å². The van der Waals surface area contributed by atoms with E-state index >= 15 is 0 Å². The molecule has 1 amide bonds. The van der Waals surface area contributed by atoms with Gasteiger partial charge < -0.3 is 0 Å². The molecule has 0 aliphatic rings. The van der Waals surface area contributed by atoms with Crippen molar-refractivity contribution in [1.82, 2.24) is 14.5 Å². The number of carbonyl (C=O) groups is 1. The van der Waals surface area contributed by atoms with Gasteiger partial charge in [-0.15, -0.1) is 11.3 Å². The molecule has 5 nitrogen and oxygen atoms in total. The van der Waals surface area contributed by atoms with Crippen molar-refractivity contribution in [2.24, 2.45) is 0 Å². The van der Waals surface area contributed by atoms with E-state index in [-0.39, 0.29) is 5.91 Å². The Hall–Kier alpha value is -2.90. The zero-order valence-electron chi connectivity index (χ0n) is 17.1. The van der Waals surface area contributed by atoms with Crippen LogP contribution in [0.5, 0.6) is 0 Å². The number of hydrogen-bond donors (Lipinski definition) is 0. The Morgan fingerprint density at radius 2 is 1.87 bits per heavy atom. The molecule has 30 heavy (non-hydrogen) atoms. The van der Waals surface area contributed by atoms with E-state index in [9.17, 15) is 4.79 Å². The minimum Gasteiger partial charge on any atom is -0.292 e. The van der Waals surface area contributed by atoms with Crippen molar-refractivity contribution < 1.29 is 4.79 Å². The lowest BCUT2D eigenvalue weighted by Crippen LogP contribution is -2.22. The fraction of sp³-hybridized carbons (Fsp3) is 0.174. The summed E-state index contributed by atoms with van der Waals surface area (Å²) in [5.74, 6) is 0.658. The van der Waals surface area contributed by atoms with Crippen LogP contribution in [-0.4, -0.2) is 27.5 Å². The van der Waals surface area contributed by atoms with Crippen molar-refractivity contribution in [3.8, 4) is 16.9 Å². The number of para-hydroxylation sites is 1. The van der Waals surface area contributed by atoms with E-state index in [1.54, 1.807) is 30.6 Å². The average molecular weight is 435 g/mol. The summed E-state index contributed by atoms with van der Waals surface area (Å²) in [6.07, 6.45) is 1.93. The van der Waals surface area contributed by atoms with Crippen molar-refractivity contribution in [2.75, 3.05) is 11.9 Å². The lowest BCUT2D eigenvalue weighted by atomic mass is 10.1. The number of benzene rings is 2. The normalized spacial score (nSPS) is 10.9. The zero-order chi connectivity index (χ0) is 21.1. The maximum atomic E-state index is 11.6. The van der Waals surface area contributed by atoms with Crippen molar-refractivity contribution >= 4 is 34.1 Å². The SMILES string of the molecule is CC(=O)N(C)c1nc(CSc2ncc(-c3ccc(C)cc3)n2-c2ccccc2)cs1. The molecule has 0 bridgehead atoms. The quantitative estimate of drug-likeness (QED) is 0.372.